The SMILES string of the molecule is CC(N)(C(=O)NCCc1cccnc1)C(F)(F)F. The van der Waals surface area contributed by atoms with Gasteiger partial charge in [0.25, 0.3) is 0 Å². The fourth-order valence-corrected chi connectivity index (χ4v) is 1.18. The van der Waals surface area contributed by atoms with Crippen molar-refractivity contribution in [1.29, 1.82) is 0 Å². The molecule has 0 spiro atoms. The number of amides is 1. The lowest BCUT2D eigenvalue weighted by atomic mass is 10.0. The summed E-state index contributed by atoms with van der Waals surface area (Å²) in [5.74, 6) is -1.24. The molecule has 3 N–H and O–H groups in total. The Kier molecular flexibility index (Phi) is 4.28. The van der Waals surface area contributed by atoms with Gasteiger partial charge in [0.2, 0.25) is 5.91 Å². The number of carbonyl (C=O) groups is 1. The number of alkyl halides is 3. The highest BCUT2D eigenvalue weighted by Gasteiger charge is 2.53. The molecule has 0 radical (unpaired) electrons. The molecule has 0 aliphatic carbocycles. The van der Waals surface area contributed by atoms with Crippen molar-refractivity contribution in [3.8, 4) is 0 Å². The molecule has 0 aliphatic rings. The van der Waals surface area contributed by atoms with Crippen molar-refractivity contribution in [3.05, 3.63) is 30.1 Å². The third-order valence-electron chi connectivity index (χ3n) is 2.48. The smallest absolute Gasteiger partial charge is 0.354 e. The molecule has 1 aromatic rings. The van der Waals surface area contributed by atoms with Crippen LogP contribution in [0.1, 0.15) is 12.5 Å². The van der Waals surface area contributed by atoms with Gasteiger partial charge < -0.3 is 11.1 Å². The molecule has 0 saturated heterocycles. The van der Waals surface area contributed by atoms with Crippen molar-refractivity contribution >= 4 is 5.91 Å². The summed E-state index contributed by atoms with van der Waals surface area (Å²) in [5.41, 5.74) is 2.92. The van der Waals surface area contributed by atoms with Crippen LogP contribution in [-0.2, 0) is 11.2 Å². The van der Waals surface area contributed by atoms with Crippen LogP contribution in [0.15, 0.2) is 24.5 Å². The fraction of sp³-hybridized carbons (Fsp3) is 0.455. The maximum atomic E-state index is 12.4. The number of hydrogen-bond donors (Lipinski definition) is 2. The summed E-state index contributed by atoms with van der Waals surface area (Å²) in [6, 6.07) is 3.48. The second kappa shape index (κ2) is 5.34. The molecular formula is C11H14F3N3O. The molecule has 1 atom stereocenters. The van der Waals surface area contributed by atoms with Gasteiger partial charge in [0.15, 0.2) is 5.54 Å². The van der Waals surface area contributed by atoms with Crippen molar-refractivity contribution in [2.75, 3.05) is 6.54 Å². The van der Waals surface area contributed by atoms with Crippen LogP contribution in [0.4, 0.5) is 13.2 Å². The maximum Gasteiger partial charge on any atom is 0.415 e. The lowest BCUT2D eigenvalue weighted by Gasteiger charge is -2.26. The first-order chi connectivity index (χ1) is 8.25. The van der Waals surface area contributed by atoms with Crippen molar-refractivity contribution in [3.63, 3.8) is 0 Å². The van der Waals surface area contributed by atoms with Crippen LogP contribution in [0.3, 0.4) is 0 Å². The van der Waals surface area contributed by atoms with Gasteiger partial charge in [0.1, 0.15) is 0 Å². The van der Waals surface area contributed by atoms with E-state index in [9.17, 15) is 18.0 Å². The molecule has 1 unspecified atom stereocenters. The molecule has 0 aliphatic heterocycles. The minimum absolute atomic E-state index is 0.0768. The molecule has 0 fully saturated rings. The number of pyridine rings is 1. The first-order valence-electron chi connectivity index (χ1n) is 5.28. The highest BCUT2D eigenvalue weighted by molar-refractivity contribution is 5.86. The number of carbonyl (C=O) groups excluding carboxylic acids is 1. The van der Waals surface area contributed by atoms with Gasteiger partial charge in [-0.25, -0.2) is 0 Å². The van der Waals surface area contributed by atoms with Crippen molar-refractivity contribution in [2.24, 2.45) is 5.73 Å². The number of hydrogen-bond acceptors (Lipinski definition) is 3. The Morgan fingerprint density at radius 1 is 1.50 bits per heavy atom. The van der Waals surface area contributed by atoms with Gasteiger partial charge in [-0.1, -0.05) is 6.07 Å². The Morgan fingerprint density at radius 3 is 2.67 bits per heavy atom. The van der Waals surface area contributed by atoms with Gasteiger partial charge >= 0.3 is 6.18 Å². The zero-order valence-electron chi connectivity index (χ0n) is 9.79. The Labute approximate surface area is 102 Å². The van der Waals surface area contributed by atoms with Crippen LogP contribution >= 0.6 is 0 Å². The highest BCUT2D eigenvalue weighted by Crippen LogP contribution is 2.27. The maximum absolute atomic E-state index is 12.4. The van der Waals surface area contributed by atoms with E-state index in [1.165, 1.54) is 0 Å². The second-order valence-corrected chi connectivity index (χ2v) is 4.07. The first kappa shape index (κ1) is 14.4. The average Bonchev–Trinajstić information content (AvgIpc) is 2.28. The summed E-state index contributed by atoms with van der Waals surface area (Å²) >= 11 is 0. The monoisotopic (exact) mass is 261 g/mol. The van der Waals surface area contributed by atoms with E-state index in [2.05, 4.69) is 10.3 Å². The van der Waals surface area contributed by atoms with Gasteiger partial charge in [-0.2, -0.15) is 13.2 Å². The van der Waals surface area contributed by atoms with Gasteiger partial charge in [0.05, 0.1) is 0 Å². The number of aromatic nitrogens is 1. The van der Waals surface area contributed by atoms with Crippen molar-refractivity contribution in [1.82, 2.24) is 10.3 Å². The lowest BCUT2D eigenvalue weighted by Crippen LogP contribution is -2.61. The summed E-state index contributed by atoms with van der Waals surface area (Å²) in [5, 5.41) is 2.17. The number of rotatable bonds is 4. The zero-order chi connectivity index (χ0) is 13.8. The number of nitrogens with zero attached hydrogens (tertiary/aromatic N) is 1. The van der Waals surface area contributed by atoms with E-state index in [1.54, 1.807) is 24.5 Å². The van der Waals surface area contributed by atoms with E-state index in [0.717, 1.165) is 5.56 Å². The van der Waals surface area contributed by atoms with Crippen LogP contribution in [0, 0.1) is 0 Å². The predicted octanol–water partition coefficient (Wildman–Crippen LogP) is 1.02. The Balaban J connectivity index is 2.48. The summed E-state index contributed by atoms with van der Waals surface area (Å²) < 4.78 is 37.3. The lowest BCUT2D eigenvalue weighted by molar-refractivity contribution is -0.187. The van der Waals surface area contributed by atoms with Gasteiger partial charge in [-0.15, -0.1) is 0 Å². The molecule has 0 bridgehead atoms. The van der Waals surface area contributed by atoms with Crippen LogP contribution in [0.25, 0.3) is 0 Å². The van der Waals surface area contributed by atoms with E-state index in [1.807, 2.05) is 0 Å². The van der Waals surface area contributed by atoms with Gasteiger partial charge in [-0.3, -0.25) is 9.78 Å². The minimum atomic E-state index is -4.77. The molecule has 0 aromatic carbocycles. The normalized spacial score (nSPS) is 14.9. The van der Waals surface area contributed by atoms with E-state index in [-0.39, 0.29) is 6.54 Å². The molecule has 7 heteroatoms. The van der Waals surface area contributed by atoms with Crippen LogP contribution in [0.2, 0.25) is 0 Å². The molecule has 4 nitrogen and oxygen atoms in total. The second-order valence-electron chi connectivity index (χ2n) is 4.07. The van der Waals surface area contributed by atoms with E-state index in [0.29, 0.717) is 13.3 Å². The van der Waals surface area contributed by atoms with Crippen molar-refractivity contribution in [2.45, 2.75) is 25.1 Å². The topological polar surface area (TPSA) is 68.0 Å². The number of nitrogens with two attached hydrogens (primary N) is 1. The van der Waals surface area contributed by atoms with Gasteiger partial charge in [0, 0.05) is 18.9 Å². The molecular weight excluding hydrogens is 247 g/mol. The molecule has 1 heterocycles. The van der Waals surface area contributed by atoms with Gasteiger partial charge in [-0.05, 0) is 25.0 Å². The van der Waals surface area contributed by atoms with E-state index < -0.39 is 17.6 Å². The zero-order valence-corrected chi connectivity index (χ0v) is 9.79. The number of nitrogens with one attached hydrogen (secondary N) is 1. The fourth-order valence-electron chi connectivity index (χ4n) is 1.18. The first-order valence-corrected chi connectivity index (χ1v) is 5.28. The molecule has 1 rings (SSSR count). The quantitative estimate of drug-likeness (QED) is 0.850. The molecule has 0 saturated carbocycles. The Hall–Kier alpha value is -1.63. The van der Waals surface area contributed by atoms with Crippen LogP contribution < -0.4 is 11.1 Å². The van der Waals surface area contributed by atoms with Crippen LogP contribution in [-0.4, -0.2) is 29.2 Å². The standard InChI is InChI=1S/C11H14F3N3O/c1-10(15,11(12,13)14)9(18)17-6-4-8-3-2-5-16-7-8/h2-3,5,7H,4,6,15H2,1H3,(H,17,18). The van der Waals surface area contributed by atoms with Crippen LogP contribution in [0.5, 0.6) is 0 Å². The summed E-state index contributed by atoms with van der Waals surface area (Å²) in [4.78, 5) is 15.2. The van der Waals surface area contributed by atoms with E-state index in [4.69, 9.17) is 5.73 Å². The molecule has 18 heavy (non-hydrogen) atoms. The predicted molar refractivity (Wildman–Crippen MR) is 59.6 cm³/mol. The molecule has 1 aromatic heterocycles. The minimum Gasteiger partial charge on any atom is -0.354 e. The summed E-state index contributed by atoms with van der Waals surface area (Å²) in [7, 11) is 0. The largest absolute Gasteiger partial charge is 0.415 e. The highest BCUT2D eigenvalue weighted by atomic mass is 19.4. The average molecular weight is 261 g/mol. The third kappa shape index (κ3) is 3.43. The third-order valence-corrected chi connectivity index (χ3v) is 2.48. The number of halogens is 3. The summed E-state index contributed by atoms with van der Waals surface area (Å²) in [6.45, 7) is 0.722. The molecule has 100 valence electrons. The Morgan fingerprint density at radius 2 is 2.17 bits per heavy atom. The van der Waals surface area contributed by atoms with Crippen molar-refractivity contribution < 1.29 is 18.0 Å². The Bertz CT molecular complexity index is 404. The summed E-state index contributed by atoms with van der Waals surface area (Å²) in [6.07, 6.45) is -1.21. The van der Waals surface area contributed by atoms with E-state index >= 15 is 0 Å². The molecule has 1 amide bonds.